The summed E-state index contributed by atoms with van der Waals surface area (Å²) in [5.74, 6) is -0.506. The highest BCUT2D eigenvalue weighted by molar-refractivity contribution is 5.43. The van der Waals surface area contributed by atoms with E-state index in [0.717, 1.165) is 17.3 Å². The molecule has 0 saturated heterocycles. The van der Waals surface area contributed by atoms with Crippen LogP contribution in [0.4, 0.5) is 10.1 Å². The van der Waals surface area contributed by atoms with Crippen LogP contribution in [0.3, 0.4) is 0 Å². The lowest BCUT2D eigenvalue weighted by molar-refractivity contribution is 0.468. The minimum atomic E-state index is -0.441. The molecule has 0 unspecified atom stereocenters. The molecule has 0 spiro atoms. The number of hydrogen-bond acceptors (Lipinski definition) is 3. The van der Waals surface area contributed by atoms with Crippen molar-refractivity contribution in [3.63, 3.8) is 0 Å². The van der Waals surface area contributed by atoms with Gasteiger partial charge < -0.3 is 10.4 Å². The molecule has 3 nitrogen and oxygen atoms in total. The van der Waals surface area contributed by atoms with E-state index < -0.39 is 5.82 Å². The molecule has 0 saturated carbocycles. The molecule has 2 aromatic rings. The summed E-state index contributed by atoms with van der Waals surface area (Å²) in [5, 5.41) is 12.4. The molecule has 0 amide bonds. The predicted octanol–water partition coefficient (Wildman–Crippen LogP) is 2.85. The third kappa shape index (κ3) is 3.17. The summed E-state index contributed by atoms with van der Waals surface area (Å²) < 4.78 is 13.0. The first-order valence-electron chi connectivity index (χ1n) is 5.27. The Morgan fingerprint density at radius 1 is 1.24 bits per heavy atom. The number of halogens is 1. The summed E-state index contributed by atoms with van der Waals surface area (Å²) in [4.78, 5) is 4.05. The number of aryl methyl sites for hydroxylation is 1. The van der Waals surface area contributed by atoms with Crippen LogP contribution in [0.1, 0.15) is 11.1 Å². The molecule has 2 rings (SSSR count). The van der Waals surface area contributed by atoms with Crippen LogP contribution in [0, 0.1) is 12.7 Å². The first kappa shape index (κ1) is 11.4. The molecular formula is C13H13FN2O. The average molecular weight is 232 g/mol. The number of rotatable bonds is 3. The number of nitrogens with one attached hydrogen (secondary N) is 1. The van der Waals surface area contributed by atoms with Gasteiger partial charge in [-0.15, -0.1) is 0 Å². The molecule has 0 radical (unpaired) electrons. The van der Waals surface area contributed by atoms with E-state index in [0.29, 0.717) is 12.1 Å². The van der Waals surface area contributed by atoms with Gasteiger partial charge in [0.05, 0.1) is 5.69 Å². The second-order valence-electron chi connectivity index (χ2n) is 3.92. The van der Waals surface area contributed by atoms with Gasteiger partial charge in [-0.25, -0.2) is 4.39 Å². The van der Waals surface area contributed by atoms with Gasteiger partial charge >= 0.3 is 0 Å². The molecule has 4 heteroatoms. The number of phenols is 1. The zero-order valence-corrected chi connectivity index (χ0v) is 9.44. The van der Waals surface area contributed by atoms with Gasteiger partial charge in [0.15, 0.2) is 0 Å². The van der Waals surface area contributed by atoms with Crippen molar-refractivity contribution < 1.29 is 9.50 Å². The summed E-state index contributed by atoms with van der Waals surface area (Å²) in [6.45, 7) is 2.39. The molecule has 0 aliphatic rings. The van der Waals surface area contributed by atoms with Gasteiger partial charge in [0.25, 0.3) is 0 Å². The van der Waals surface area contributed by atoms with E-state index in [4.69, 9.17) is 0 Å². The Balaban J connectivity index is 2.07. The quantitative estimate of drug-likeness (QED) is 0.855. The molecule has 0 aliphatic heterocycles. The summed E-state index contributed by atoms with van der Waals surface area (Å²) >= 11 is 0. The summed E-state index contributed by atoms with van der Waals surface area (Å²) in [6, 6.07) is 5.94. The maximum Gasteiger partial charge on any atom is 0.127 e. The number of anilines is 1. The van der Waals surface area contributed by atoms with Crippen molar-refractivity contribution in [2.75, 3.05) is 5.32 Å². The average Bonchev–Trinajstić information content (AvgIpc) is 2.25. The van der Waals surface area contributed by atoms with Gasteiger partial charge in [0.1, 0.15) is 11.6 Å². The van der Waals surface area contributed by atoms with Crippen LogP contribution < -0.4 is 5.32 Å². The fourth-order valence-corrected chi connectivity index (χ4v) is 1.59. The highest BCUT2D eigenvalue weighted by atomic mass is 19.1. The van der Waals surface area contributed by atoms with Crippen LogP contribution in [0.25, 0.3) is 0 Å². The number of pyridine rings is 1. The molecular weight excluding hydrogens is 219 g/mol. The summed E-state index contributed by atoms with van der Waals surface area (Å²) in [7, 11) is 0. The molecule has 0 fully saturated rings. The van der Waals surface area contributed by atoms with E-state index in [9.17, 15) is 9.50 Å². The van der Waals surface area contributed by atoms with Gasteiger partial charge in [-0.3, -0.25) is 4.98 Å². The smallest absolute Gasteiger partial charge is 0.127 e. The third-order valence-corrected chi connectivity index (χ3v) is 2.31. The minimum absolute atomic E-state index is 0.0656. The Hall–Kier alpha value is -2.10. The van der Waals surface area contributed by atoms with Crippen molar-refractivity contribution in [2.45, 2.75) is 13.5 Å². The number of aromatic nitrogens is 1. The molecule has 0 atom stereocenters. The van der Waals surface area contributed by atoms with Crippen LogP contribution in [0.2, 0.25) is 0 Å². The standard InChI is InChI=1S/C13H13FN2O/c1-9-2-12(8-15-6-9)16-7-10-3-11(14)5-13(17)4-10/h2-6,8,16-17H,7H2,1H3. The molecule has 88 valence electrons. The zero-order valence-electron chi connectivity index (χ0n) is 9.44. The Bertz CT molecular complexity index is 508. The molecule has 0 aliphatic carbocycles. The van der Waals surface area contributed by atoms with Crippen molar-refractivity contribution in [1.29, 1.82) is 0 Å². The maximum absolute atomic E-state index is 13.0. The predicted molar refractivity (Wildman–Crippen MR) is 64.4 cm³/mol. The van der Waals surface area contributed by atoms with Gasteiger partial charge in [-0.1, -0.05) is 0 Å². The van der Waals surface area contributed by atoms with E-state index in [1.165, 1.54) is 12.1 Å². The zero-order chi connectivity index (χ0) is 12.3. The van der Waals surface area contributed by atoms with E-state index in [-0.39, 0.29) is 5.75 Å². The SMILES string of the molecule is Cc1cncc(NCc2cc(O)cc(F)c2)c1. The highest BCUT2D eigenvalue weighted by Crippen LogP contribution is 2.16. The van der Waals surface area contributed by atoms with Crippen LogP contribution in [-0.4, -0.2) is 10.1 Å². The fraction of sp³-hybridized carbons (Fsp3) is 0.154. The van der Waals surface area contributed by atoms with Crippen LogP contribution in [0.5, 0.6) is 5.75 Å². The monoisotopic (exact) mass is 232 g/mol. The van der Waals surface area contributed by atoms with Gasteiger partial charge in [0, 0.05) is 25.0 Å². The first-order valence-corrected chi connectivity index (χ1v) is 5.27. The lowest BCUT2D eigenvalue weighted by atomic mass is 10.2. The largest absolute Gasteiger partial charge is 0.508 e. The van der Waals surface area contributed by atoms with Gasteiger partial charge in [-0.05, 0) is 36.2 Å². The van der Waals surface area contributed by atoms with E-state index in [2.05, 4.69) is 10.3 Å². The Morgan fingerprint density at radius 3 is 2.76 bits per heavy atom. The summed E-state index contributed by atoms with van der Waals surface area (Å²) in [5.41, 5.74) is 2.61. The number of nitrogens with zero attached hydrogens (tertiary/aromatic N) is 1. The normalized spacial score (nSPS) is 10.2. The van der Waals surface area contributed by atoms with Crippen molar-refractivity contribution in [2.24, 2.45) is 0 Å². The van der Waals surface area contributed by atoms with Crippen molar-refractivity contribution in [1.82, 2.24) is 4.98 Å². The highest BCUT2D eigenvalue weighted by Gasteiger charge is 2.00. The molecule has 1 aromatic heterocycles. The van der Waals surface area contributed by atoms with E-state index >= 15 is 0 Å². The number of phenolic OH excluding ortho intramolecular Hbond substituents is 1. The number of benzene rings is 1. The topological polar surface area (TPSA) is 45.2 Å². The van der Waals surface area contributed by atoms with Crippen LogP contribution in [0.15, 0.2) is 36.7 Å². The first-order chi connectivity index (χ1) is 8.13. The number of hydrogen-bond donors (Lipinski definition) is 2. The van der Waals surface area contributed by atoms with E-state index in [1.54, 1.807) is 12.4 Å². The molecule has 1 heterocycles. The lowest BCUT2D eigenvalue weighted by Gasteiger charge is -2.07. The van der Waals surface area contributed by atoms with Crippen LogP contribution in [-0.2, 0) is 6.54 Å². The lowest BCUT2D eigenvalue weighted by Crippen LogP contribution is -2.00. The Morgan fingerprint density at radius 2 is 2.06 bits per heavy atom. The van der Waals surface area contributed by atoms with Crippen molar-refractivity contribution in [3.05, 3.63) is 53.6 Å². The molecule has 1 aromatic carbocycles. The third-order valence-electron chi connectivity index (χ3n) is 2.31. The molecule has 17 heavy (non-hydrogen) atoms. The second kappa shape index (κ2) is 4.82. The fourth-order valence-electron chi connectivity index (χ4n) is 1.59. The van der Waals surface area contributed by atoms with Crippen molar-refractivity contribution in [3.8, 4) is 5.75 Å². The van der Waals surface area contributed by atoms with Crippen LogP contribution >= 0.6 is 0 Å². The minimum Gasteiger partial charge on any atom is -0.508 e. The molecule has 0 bridgehead atoms. The molecule has 2 N–H and O–H groups in total. The maximum atomic E-state index is 13.0. The van der Waals surface area contributed by atoms with Gasteiger partial charge in [-0.2, -0.15) is 0 Å². The van der Waals surface area contributed by atoms with Gasteiger partial charge in [0.2, 0.25) is 0 Å². The summed E-state index contributed by atoms with van der Waals surface area (Å²) in [6.07, 6.45) is 3.46. The van der Waals surface area contributed by atoms with E-state index in [1.807, 2.05) is 13.0 Å². The Labute approximate surface area is 98.9 Å². The second-order valence-corrected chi connectivity index (χ2v) is 3.92. The number of aromatic hydroxyl groups is 1. The van der Waals surface area contributed by atoms with Crippen molar-refractivity contribution >= 4 is 5.69 Å². The Kier molecular flexibility index (Phi) is 3.23.